The van der Waals surface area contributed by atoms with Gasteiger partial charge in [-0.2, -0.15) is 13.2 Å². The highest BCUT2D eigenvalue weighted by Crippen LogP contribution is 2.46. The quantitative estimate of drug-likeness (QED) is 0.880. The van der Waals surface area contributed by atoms with Crippen LogP contribution >= 0.6 is 0 Å². The van der Waals surface area contributed by atoms with Crippen LogP contribution in [-0.2, 0) is 16.5 Å². The molecule has 0 unspecified atom stereocenters. The number of amides is 1. The van der Waals surface area contributed by atoms with E-state index < -0.39 is 17.3 Å². The predicted octanol–water partition coefficient (Wildman–Crippen LogP) is 2.03. The van der Waals surface area contributed by atoms with Crippen molar-refractivity contribution in [3.8, 4) is 0 Å². The van der Waals surface area contributed by atoms with Crippen LogP contribution in [0.4, 0.5) is 13.2 Å². The van der Waals surface area contributed by atoms with E-state index >= 15 is 0 Å². The van der Waals surface area contributed by atoms with Gasteiger partial charge in [0.15, 0.2) is 0 Å². The highest BCUT2D eigenvalue weighted by molar-refractivity contribution is 5.79. The lowest BCUT2D eigenvalue weighted by Crippen LogP contribution is -2.39. The third kappa shape index (κ3) is 3.07. The van der Waals surface area contributed by atoms with Crippen LogP contribution < -0.4 is 10.6 Å². The molecule has 0 atom stereocenters. The molecule has 0 aromatic heterocycles. The lowest BCUT2D eigenvalue weighted by atomic mass is 10.0. The van der Waals surface area contributed by atoms with E-state index in [0.717, 1.165) is 30.5 Å². The third-order valence-corrected chi connectivity index (χ3v) is 3.23. The Labute approximate surface area is 109 Å². The maximum atomic E-state index is 12.5. The number of carbonyl (C=O) groups excluding carboxylic acids is 1. The summed E-state index contributed by atoms with van der Waals surface area (Å²) in [7, 11) is 1.66. The fourth-order valence-corrected chi connectivity index (χ4v) is 2.06. The van der Waals surface area contributed by atoms with Gasteiger partial charge in [-0.15, -0.1) is 0 Å². The summed E-state index contributed by atoms with van der Waals surface area (Å²) in [6.07, 6.45) is -2.81. The summed E-state index contributed by atoms with van der Waals surface area (Å²) < 4.78 is 37.4. The second-order valence-corrected chi connectivity index (χ2v) is 4.74. The molecule has 104 valence electrons. The molecule has 0 bridgehead atoms. The number of alkyl halides is 3. The number of nitrogens with one attached hydrogen (secondary N) is 2. The molecule has 0 saturated heterocycles. The van der Waals surface area contributed by atoms with E-state index in [1.165, 1.54) is 12.1 Å². The topological polar surface area (TPSA) is 41.1 Å². The number of carbonyl (C=O) groups is 1. The molecule has 1 aliphatic rings. The number of halogens is 3. The van der Waals surface area contributed by atoms with Gasteiger partial charge in [-0.3, -0.25) is 4.79 Å². The molecule has 1 aromatic rings. The van der Waals surface area contributed by atoms with E-state index in [-0.39, 0.29) is 12.5 Å². The van der Waals surface area contributed by atoms with Gasteiger partial charge in [0.2, 0.25) is 5.91 Å². The summed E-state index contributed by atoms with van der Waals surface area (Å²) in [6.45, 7) is 0.197. The van der Waals surface area contributed by atoms with Gasteiger partial charge < -0.3 is 10.6 Å². The molecule has 1 fully saturated rings. The summed E-state index contributed by atoms with van der Waals surface area (Å²) in [5.74, 6) is -0.153. The molecule has 2 N–H and O–H groups in total. The molecule has 0 radical (unpaired) electrons. The monoisotopic (exact) mass is 272 g/mol. The predicted molar refractivity (Wildman–Crippen MR) is 64.4 cm³/mol. The summed E-state index contributed by atoms with van der Waals surface area (Å²) in [5.41, 5.74) is -0.420. The van der Waals surface area contributed by atoms with Gasteiger partial charge in [0.05, 0.1) is 17.6 Å². The smallest absolute Gasteiger partial charge is 0.345 e. The fraction of sp³-hybridized carbons (Fsp3) is 0.462. The molecule has 0 spiro atoms. The molecule has 6 heteroatoms. The van der Waals surface area contributed by atoms with Gasteiger partial charge in [0.25, 0.3) is 0 Å². The summed E-state index contributed by atoms with van der Waals surface area (Å²) in [4.78, 5) is 11.5. The number of hydrogen-bond donors (Lipinski definition) is 2. The zero-order valence-electron chi connectivity index (χ0n) is 10.5. The second kappa shape index (κ2) is 4.85. The Hall–Kier alpha value is -1.56. The van der Waals surface area contributed by atoms with Crippen molar-refractivity contribution in [3.05, 3.63) is 35.4 Å². The lowest BCUT2D eigenvalue weighted by molar-refractivity contribution is -0.137. The number of hydrogen-bond acceptors (Lipinski definition) is 2. The van der Waals surface area contributed by atoms with Crippen molar-refractivity contribution >= 4 is 5.91 Å². The first-order chi connectivity index (χ1) is 8.87. The van der Waals surface area contributed by atoms with Crippen LogP contribution in [0.1, 0.15) is 24.0 Å². The normalized spacial score (nSPS) is 17.1. The standard InChI is InChI=1S/C13H15F3N2O/c1-17-8-11(19)18-12(6-7-12)9-2-4-10(5-3-9)13(14,15)16/h2-5,17H,6-8H2,1H3,(H,18,19). The number of benzene rings is 1. The van der Waals surface area contributed by atoms with Crippen LogP contribution in [0, 0.1) is 0 Å². The van der Waals surface area contributed by atoms with Gasteiger partial charge >= 0.3 is 6.18 Å². The van der Waals surface area contributed by atoms with Gasteiger partial charge in [-0.1, -0.05) is 12.1 Å². The van der Waals surface area contributed by atoms with Crippen molar-refractivity contribution in [3.63, 3.8) is 0 Å². The van der Waals surface area contributed by atoms with Crippen LogP contribution in [-0.4, -0.2) is 19.5 Å². The summed E-state index contributed by atoms with van der Waals surface area (Å²) in [6, 6.07) is 4.99. The SMILES string of the molecule is CNCC(=O)NC1(c2ccc(C(F)(F)F)cc2)CC1. The first-order valence-electron chi connectivity index (χ1n) is 6.01. The van der Waals surface area contributed by atoms with Gasteiger partial charge in [0.1, 0.15) is 0 Å². The van der Waals surface area contributed by atoms with E-state index in [1.807, 2.05) is 0 Å². The summed E-state index contributed by atoms with van der Waals surface area (Å²) >= 11 is 0. The first kappa shape index (κ1) is 13.9. The molecule has 1 aromatic carbocycles. The minimum Gasteiger partial charge on any atom is -0.345 e. The van der Waals surface area contributed by atoms with Crippen LogP contribution in [0.25, 0.3) is 0 Å². The van der Waals surface area contributed by atoms with E-state index in [0.29, 0.717) is 0 Å². The van der Waals surface area contributed by atoms with Crippen molar-refractivity contribution in [2.45, 2.75) is 24.6 Å². The van der Waals surface area contributed by atoms with E-state index in [1.54, 1.807) is 7.05 Å². The molecular weight excluding hydrogens is 257 g/mol. The van der Waals surface area contributed by atoms with Crippen LogP contribution in [0.5, 0.6) is 0 Å². The molecule has 2 rings (SSSR count). The maximum Gasteiger partial charge on any atom is 0.416 e. The van der Waals surface area contributed by atoms with E-state index in [4.69, 9.17) is 0 Å². The van der Waals surface area contributed by atoms with E-state index in [2.05, 4.69) is 10.6 Å². The van der Waals surface area contributed by atoms with Crippen molar-refractivity contribution < 1.29 is 18.0 Å². The molecule has 1 aliphatic carbocycles. The maximum absolute atomic E-state index is 12.5. The minimum atomic E-state index is -4.33. The van der Waals surface area contributed by atoms with Crippen LogP contribution in [0.3, 0.4) is 0 Å². The second-order valence-electron chi connectivity index (χ2n) is 4.74. The molecule has 0 heterocycles. The zero-order valence-corrected chi connectivity index (χ0v) is 10.5. The zero-order chi connectivity index (χ0) is 14.1. The molecule has 0 aliphatic heterocycles. The summed E-state index contributed by atoms with van der Waals surface area (Å²) in [5, 5.41) is 5.60. The van der Waals surface area contributed by atoms with Crippen LogP contribution in [0.15, 0.2) is 24.3 Å². The van der Waals surface area contributed by atoms with Gasteiger partial charge in [0, 0.05) is 0 Å². The Kier molecular flexibility index (Phi) is 3.54. The Morgan fingerprint density at radius 3 is 2.26 bits per heavy atom. The minimum absolute atomic E-state index is 0.153. The highest BCUT2D eigenvalue weighted by Gasteiger charge is 2.45. The average molecular weight is 272 g/mol. The Balaban J connectivity index is 2.12. The molecule has 1 amide bonds. The van der Waals surface area contributed by atoms with Crippen molar-refractivity contribution in [2.24, 2.45) is 0 Å². The van der Waals surface area contributed by atoms with Crippen molar-refractivity contribution in [2.75, 3.05) is 13.6 Å². The molecule has 19 heavy (non-hydrogen) atoms. The molecule has 1 saturated carbocycles. The number of likely N-dealkylation sites (N-methyl/N-ethyl adjacent to an activating group) is 1. The largest absolute Gasteiger partial charge is 0.416 e. The van der Waals surface area contributed by atoms with Gasteiger partial charge in [-0.25, -0.2) is 0 Å². The number of rotatable bonds is 4. The first-order valence-corrected chi connectivity index (χ1v) is 6.01. The van der Waals surface area contributed by atoms with Gasteiger partial charge in [-0.05, 0) is 37.6 Å². The van der Waals surface area contributed by atoms with Crippen molar-refractivity contribution in [1.82, 2.24) is 10.6 Å². The highest BCUT2D eigenvalue weighted by atomic mass is 19.4. The van der Waals surface area contributed by atoms with Crippen molar-refractivity contribution in [1.29, 1.82) is 0 Å². The third-order valence-electron chi connectivity index (χ3n) is 3.23. The Morgan fingerprint density at radius 2 is 1.84 bits per heavy atom. The molecule has 3 nitrogen and oxygen atoms in total. The molecular formula is C13H15F3N2O. The Morgan fingerprint density at radius 1 is 1.26 bits per heavy atom. The Bertz CT molecular complexity index is 464. The van der Waals surface area contributed by atoms with Crippen LogP contribution in [0.2, 0.25) is 0 Å². The lowest BCUT2D eigenvalue weighted by Gasteiger charge is -2.18. The average Bonchev–Trinajstić information content (AvgIpc) is 3.09. The fourth-order valence-electron chi connectivity index (χ4n) is 2.06. The van der Waals surface area contributed by atoms with E-state index in [9.17, 15) is 18.0 Å².